The van der Waals surface area contributed by atoms with Crippen molar-refractivity contribution >= 4 is 29.1 Å². The Hall–Kier alpha value is -3.13. The summed E-state index contributed by atoms with van der Waals surface area (Å²) in [4.78, 5) is 32.7. The molecule has 1 fully saturated rings. The van der Waals surface area contributed by atoms with Gasteiger partial charge >= 0.3 is 0 Å². The molecule has 1 saturated heterocycles. The van der Waals surface area contributed by atoms with E-state index in [0.717, 1.165) is 11.3 Å². The predicted molar refractivity (Wildman–Crippen MR) is 102 cm³/mol. The first-order valence-corrected chi connectivity index (χ1v) is 9.30. The average Bonchev–Trinajstić information content (AvgIpc) is 3.43. The molecule has 2 aromatic heterocycles. The smallest absolute Gasteiger partial charge is 0.274 e. The number of amides is 2. The number of aryl methyl sites for hydroxylation is 1. The number of aromatic amines is 1. The Morgan fingerprint density at radius 3 is 2.89 bits per heavy atom. The van der Waals surface area contributed by atoms with Crippen molar-refractivity contribution in [3.8, 4) is 0 Å². The third-order valence-corrected chi connectivity index (χ3v) is 6.04. The van der Waals surface area contributed by atoms with Gasteiger partial charge in [0.15, 0.2) is 0 Å². The summed E-state index contributed by atoms with van der Waals surface area (Å²) < 4.78 is 1.85. The molecule has 9 heteroatoms. The number of nitrogens with zero attached hydrogens (tertiary/aromatic N) is 4. The number of carbonyl (C=O) groups is 2. The van der Waals surface area contributed by atoms with Crippen molar-refractivity contribution in [2.45, 2.75) is 17.9 Å². The zero-order valence-corrected chi connectivity index (χ0v) is 15.8. The number of nitrogens with one attached hydrogen (secondary N) is 2. The number of hydrogen-bond acceptors (Lipinski definition) is 4. The third-order valence-electron chi connectivity index (χ3n) is 5.76. The number of benzene rings is 1. The quantitative estimate of drug-likeness (QED) is 0.694. The van der Waals surface area contributed by atoms with Gasteiger partial charge in [-0.25, -0.2) is 4.98 Å². The van der Waals surface area contributed by atoms with Crippen molar-refractivity contribution in [1.82, 2.24) is 24.6 Å². The second-order valence-corrected chi connectivity index (χ2v) is 7.52. The number of aromatic nitrogens is 4. The summed E-state index contributed by atoms with van der Waals surface area (Å²) in [6, 6.07) is 7.06. The Morgan fingerprint density at radius 1 is 1.36 bits per heavy atom. The molecule has 1 spiro atoms. The fourth-order valence-electron chi connectivity index (χ4n) is 4.47. The number of fused-ring (bicyclic) bond motifs is 2. The molecule has 8 nitrogen and oxygen atoms in total. The Balaban J connectivity index is 1.70. The number of imidazole rings is 1. The number of halogens is 1. The van der Waals surface area contributed by atoms with E-state index in [4.69, 9.17) is 11.6 Å². The van der Waals surface area contributed by atoms with E-state index in [1.807, 2.05) is 42.1 Å². The lowest BCUT2D eigenvalue weighted by atomic mass is 9.74. The lowest BCUT2D eigenvalue weighted by molar-refractivity contribution is -0.121. The van der Waals surface area contributed by atoms with Gasteiger partial charge in [-0.3, -0.25) is 14.7 Å². The Bertz CT molecular complexity index is 1110. The van der Waals surface area contributed by atoms with Gasteiger partial charge in [-0.1, -0.05) is 29.8 Å². The zero-order chi connectivity index (χ0) is 19.5. The van der Waals surface area contributed by atoms with Crippen molar-refractivity contribution in [3.05, 3.63) is 65.0 Å². The minimum Gasteiger partial charge on any atom is -0.336 e. The van der Waals surface area contributed by atoms with Gasteiger partial charge in [0.25, 0.3) is 5.91 Å². The summed E-state index contributed by atoms with van der Waals surface area (Å²) >= 11 is 6.14. The molecule has 0 bridgehead atoms. The first-order chi connectivity index (χ1) is 13.5. The topological polar surface area (TPSA) is 95.9 Å². The number of hydrogen-bond donors (Lipinski definition) is 2. The minimum atomic E-state index is -0.905. The third kappa shape index (κ3) is 2.12. The highest BCUT2D eigenvalue weighted by atomic mass is 35.5. The molecule has 3 aromatic rings. The molecule has 2 aliphatic rings. The summed E-state index contributed by atoms with van der Waals surface area (Å²) in [6.07, 6.45) is 5.37. The van der Waals surface area contributed by atoms with Gasteiger partial charge < -0.3 is 14.8 Å². The number of H-pyrrole nitrogens is 1. The lowest BCUT2D eigenvalue weighted by Crippen LogP contribution is -2.44. The number of rotatable bonds is 2. The van der Waals surface area contributed by atoms with E-state index >= 15 is 0 Å². The van der Waals surface area contributed by atoms with Crippen LogP contribution >= 0.6 is 11.6 Å². The maximum atomic E-state index is 13.3. The molecule has 5 rings (SSSR count). The van der Waals surface area contributed by atoms with Crippen LogP contribution in [0.2, 0.25) is 5.02 Å². The average molecular weight is 397 g/mol. The summed E-state index contributed by atoms with van der Waals surface area (Å²) in [6.45, 7) is 0.396. The van der Waals surface area contributed by atoms with E-state index in [9.17, 15) is 9.59 Å². The molecular weight excluding hydrogens is 380 g/mol. The molecule has 0 saturated carbocycles. The molecule has 2 aliphatic heterocycles. The van der Waals surface area contributed by atoms with Gasteiger partial charge in [0, 0.05) is 31.7 Å². The SMILES string of the molecule is Cn1ccnc1[C@@H]1N(C(=O)c2[nH]ncc2Cl)CC[C@]12C(=O)Nc1ccccc12. The van der Waals surface area contributed by atoms with Crippen LogP contribution in [-0.4, -0.2) is 43.0 Å². The van der Waals surface area contributed by atoms with E-state index < -0.39 is 11.5 Å². The van der Waals surface area contributed by atoms with Crippen LogP contribution in [0, 0.1) is 0 Å². The molecule has 2 N–H and O–H groups in total. The highest BCUT2D eigenvalue weighted by Crippen LogP contribution is 2.54. The number of likely N-dealkylation sites (tertiary alicyclic amines) is 1. The standard InChI is InChI=1S/C19H17ClN6O2/c1-25-9-7-21-16(25)15-19(11-4-2-3-5-13(11)23-18(19)28)6-8-26(15)17(27)14-12(20)10-22-24-14/h2-5,7,9-10,15H,6,8H2,1H3,(H,22,24)(H,23,28)/t15-,19+/m0/s1. The van der Waals surface area contributed by atoms with E-state index in [2.05, 4.69) is 20.5 Å². The molecule has 0 unspecified atom stereocenters. The summed E-state index contributed by atoms with van der Waals surface area (Å²) in [7, 11) is 1.86. The summed E-state index contributed by atoms with van der Waals surface area (Å²) in [5.74, 6) is 0.227. The van der Waals surface area contributed by atoms with Gasteiger partial charge in [0.05, 0.1) is 11.2 Å². The van der Waals surface area contributed by atoms with Gasteiger partial charge in [-0.15, -0.1) is 0 Å². The van der Waals surface area contributed by atoms with E-state index in [1.165, 1.54) is 6.20 Å². The predicted octanol–water partition coefficient (Wildman–Crippen LogP) is 2.27. The van der Waals surface area contributed by atoms with E-state index in [0.29, 0.717) is 18.8 Å². The minimum absolute atomic E-state index is 0.118. The second kappa shape index (κ2) is 5.93. The fourth-order valence-corrected chi connectivity index (χ4v) is 4.64. The van der Waals surface area contributed by atoms with Crippen LogP contribution in [0.1, 0.15) is 34.3 Å². The van der Waals surface area contributed by atoms with Crippen LogP contribution in [0.3, 0.4) is 0 Å². The maximum absolute atomic E-state index is 13.3. The van der Waals surface area contributed by atoms with Crippen molar-refractivity contribution in [1.29, 1.82) is 0 Å². The van der Waals surface area contributed by atoms with Gasteiger partial charge in [-0.2, -0.15) is 5.10 Å². The lowest BCUT2D eigenvalue weighted by Gasteiger charge is -2.33. The molecule has 4 heterocycles. The van der Waals surface area contributed by atoms with E-state index in [-0.39, 0.29) is 22.5 Å². The first-order valence-electron chi connectivity index (χ1n) is 8.92. The molecule has 2 atom stereocenters. The first kappa shape index (κ1) is 17.0. The number of anilines is 1. The van der Waals surface area contributed by atoms with Crippen LogP contribution in [-0.2, 0) is 17.3 Å². The van der Waals surface area contributed by atoms with Crippen LogP contribution < -0.4 is 5.32 Å². The monoisotopic (exact) mass is 396 g/mol. The van der Waals surface area contributed by atoms with Crippen molar-refractivity contribution in [2.75, 3.05) is 11.9 Å². The van der Waals surface area contributed by atoms with Gasteiger partial charge in [0.1, 0.15) is 23.0 Å². The molecule has 28 heavy (non-hydrogen) atoms. The summed E-state index contributed by atoms with van der Waals surface area (Å²) in [5, 5.41) is 9.76. The Morgan fingerprint density at radius 2 is 2.18 bits per heavy atom. The fraction of sp³-hybridized carbons (Fsp3) is 0.263. The number of carbonyl (C=O) groups excluding carboxylic acids is 2. The molecule has 0 radical (unpaired) electrons. The maximum Gasteiger partial charge on any atom is 0.274 e. The molecule has 1 aromatic carbocycles. The van der Waals surface area contributed by atoms with Crippen LogP contribution in [0.25, 0.3) is 0 Å². The molecule has 142 valence electrons. The van der Waals surface area contributed by atoms with Crippen LogP contribution in [0.4, 0.5) is 5.69 Å². The van der Waals surface area contributed by atoms with Crippen molar-refractivity contribution in [2.24, 2.45) is 7.05 Å². The Kier molecular flexibility index (Phi) is 3.60. The molecule has 2 amide bonds. The largest absolute Gasteiger partial charge is 0.336 e. The normalized spacial score (nSPS) is 23.3. The van der Waals surface area contributed by atoms with Crippen LogP contribution in [0.5, 0.6) is 0 Å². The van der Waals surface area contributed by atoms with Crippen LogP contribution in [0.15, 0.2) is 42.9 Å². The van der Waals surface area contributed by atoms with Gasteiger partial charge in [0.2, 0.25) is 5.91 Å². The summed E-state index contributed by atoms with van der Waals surface area (Å²) in [5.41, 5.74) is 0.974. The van der Waals surface area contributed by atoms with Crippen molar-refractivity contribution in [3.63, 3.8) is 0 Å². The highest BCUT2D eigenvalue weighted by Gasteiger charge is 2.60. The van der Waals surface area contributed by atoms with Crippen molar-refractivity contribution < 1.29 is 9.59 Å². The second-order valence-electron chi connectivity index (χ2n) is 7.11. The Labute approximate surface area is 165 Å². The van der Waals surface area contributed by atoms with Gasteiger partial charge in [-0.05, 0) is 18.1 Å². The zero-order valence-electron chi connectivity index (χ0n) is 15.0. The highest BCUT2D eigenvalue weighted by molar-refractivity contribution is 6.33. The molecule has 0 aliphatic carbocycles. The number of para-hydroxylation sites is 1. The molecular formula is C19H17ClN6O2. The van der Waals surface area contributed by atoms with E-state index in [1.54, 1.807) is 11.1 Å².